The number of nitrogens with zero attached hydrogens (tertiary/aromatic N) is 2. The van der Waals surface area contributed by atoms with Crippen molar-refractivity contribution in [2.24, 2.45) is 10.9 Å². The highest BCUT2D eigenvalue weighted by Crippen LogP contribution is 2.30. The Balaban J connectivity index is 2.23. The van der Waals surface area contributed by atoms with Gasteiger partial charge in [0, 0.05) is 16.8 Å². The number of halogens is 2. The number of allylic oxidation sites excluding steroid dienone is 4. The smallest absolute Gasteiger partial charge is 0.146 e. The molecule has 0 unspecified atom stereocenters. The van der Waals surface area contributed by atoms with Gasteiger partial charge in [0.05, 0.1) is 12.3 Å². The summed E-state index contributed by atoms with van der Waals surface area (Å²) in [6, 6.07) is 5.29. The lowest BCUT2D eigenvalue weighted by atomic mass is 10.2. The van der Waals surface area contributed by atoms with Crippen LogP contribution in [-0.4, -0.2) is 17.6 Å². The van der Waals surface area contributed by atoms with Crippen molar-refractivity contribution in [3.8, 4) is 5.75 Å². The summed E-state index contributed by atoms with van der Waals surface area (Å²) in [6.45, 7) is 0.543. The van der Waals surface area contributed by atoms with Crippen LogP contribution in [-0.2, 0) is 0 Å². The average molecular weight is 357 g/mol. The monoisotopic (exact) mass is 355 g/mol. The highest BCUT2D eigenvalue weighted by molar-refractivity contribution is 9.09. The molecule has 106 valence electrons. The topological polar surface area (TPSA) is 50.8 Å². The zero-order valence-corrected chi connectivity index (χ0v) is 13.1. The molecule has 1 aromatic rings. The van der Waals surface area contributed by atoms with E-state index in [1.54, 1.807) is 18.2 Å². The molecule has 20 heavy (non-hydrogen) atoms. The minimum atomic E-state index is 0.543. The van der Waals surface area contributed by atoms with E-state index in [4.69, 9.17) is 22.2 Å². The number of nitrogens with two attached hydrogens (primary N) is 1. The largest absolute Gasteiger partial charge is 0.490 e. The van der Waals surface area contributed by atoms with E-state index >= 15 is 0 Å². The maximum Gasteiger partial charge on any atom is 0.146 e. The fraction of sp³-hybridized carbons (Fsp3) is 0.214. The number of ether oxygens (including phenoxy) is 1. The number of hydrazone groups is 1. The predicted molar refractivity (Wildman–Crippen MR) is 87.7 cm³/mol. The normalized spacial score (nSPS) is 15.7. The van der Waals surface area contributed by atoms with Gasteiger partial charge in [-0.2, -0.15) is 10.2 Å². The van der Waals surface area contributed by atoms with Gasteiger partial charge in [-0.25, -0.2) is 5.84 Å². The van der Waals surface area contributed by atoms with Crippen molar-refractivity contribution < 1.29 is 4.74 Å². The molecule has 0 saturated carbocycles. The lowest BCUT2D eigenvalue weighted by Crippen LogP contribution is -2.27. The third-order valence-corrected chi connectivity index (χ3v) is 3.16. The van der Waals surface area contributed by atoms with Crippen LogP contribution in [0.4, 0.5) is 5.69 Å². The van der Waals surface area contributed by atoms with E-state index in [2.05, 4.69) is 21.0 Å². The molecule has 0 aliphatic heterocycles. The molecule has 0 heterocycles. The Morgan fingerprint density at radius 1 is 1.40 bits per heavy atom. The first-order valence-electron chi connectivity index (χ1n) is 6.14. The van der Waals surface area contributed by atoms with Gasteiger partial charge >= 0.3 is 0 Å². The standard InChI is InChI=1S/C14H15BrClN3O/c15-8-9-20-14-7-6-11(16)10-13(14)19(17)18-12-4-2-1-3-5-12/h1-4,6-7,10H,5,8-9,17H2/b18-12-. The molecule has 0 fully saturated rings. The zero-order valence-electron chi connectivity index (χ0n) is 10.8. The second-order valence-electron chi connectivity index (χ2n) is 4.08. The summed E-state index contributed by atoms with van der Waals surface area (Å²) >= 11 is 9.34. The lowest BCUT2D eigenvalue weighted by Gasteiger charge is -2.18. The SMILES string of the molecule is NN(/N=C1/C=CC=CC1)c1cc(Cl)ccc1OCCBr. The molecule has 6 heteroatoms. The van der Waals surface area contributed by atoms with Crippen molar-refractivity contribution >= 4 is 38.9 Å². The van der Waals surface area contributed by atoms with Crippen LogP contribution in [0, 0.1) is 0 Å². The van der Waals surface area contributed by atoms with Gasteiger partial charge in [0.15, 0.2) is 0 Å². The van der Waals surface area contributed by atoms with E-state index in [-0.39, 0.29) is 0 Å². The molecule has 0 amide bonds. The van der Waals surface area contributed by atoms with Crippen molar-refractivity contribution in [3.05, 3.63) is 47.5 Å². The molecule has 0 spiro atoms. The molecule has 1 aromatic carbocycles. The van der Waals surface area contributed by atoms with Crippen molar-refractivity contribution in [2.75, 3.05) is 17.1 Å². The lowest BCUT2D eigenvalue weighted by molar-refractivity contribution is 0.345. The summed E-state index contributed by atoms with van der Waals surface area (Å²) in [5, 5.41) is 6.98. The molecule has 0 saturated heterocycles. The number of rotatable bonds is 5. The molecule has 0 radical (unpaired) electrons. The highest BCUT2D eigenvalue weighted by Gasteiger charge is 2.11. The van der Waals surface area contributed by atoms with Crippen LogP contribution in [0.2, 0.25) is 5.02 Å². The molecule has 2 N–H and O–H groups in total. The van der Waals surface area contributed by atoms with E-state index in [0.29, 0.717) is 23.1 Å². The van der Waals surface area contributed by atoms with Crippen LogP contribution in [0.15, 0.2) is 47.6 Å². The molecule has 4 nitrogen and oxygen atoms in total. The Bertz CT molecular complexity index is 557. The second-order valence-corrected chi connectivity index (χ2v) is 5.31. The van der Waals surface area contributed by atoms with Crippen molar-refractivity contribution in [1.82, 2.24) is 0 Å². The van der Waals surface area contributed by atoms with Gasteiger partial charge < -0.3 is 4.74 Å². The summed E-state index contributed by atoms with van der Waals surface area (Å²) in [5.41, 5.74) is 1.51. The van der Waals surface area contributed by atoms with Crippen LogP contribution in [0.1, 0.15) is 6.42 Å². The van der Waals surface area contributed by atoms with Gasteiger partial charge in [0.1, 0.15) is 11.4 Å². The number of alkyl halides is 1. The first-order valence-corrected chi connectivity index (χ1v) is 7.64. The first kappa shape index (κ1) is 15.1. The number of hydrogen-bond acceptors (Lipinski definition) is 4. The molecule has 0 atom stereocenters. The summed E-state index contributed by atoms with van der Waals surface area (Å²) in [5.74, 6) is 6.65. The maximum atomic E-state index is 6.02. The maximum absolute atomic E-state index is 6.02. The Morgan fingerprint density at radius 2 is 2.25 bits per heavy atom. The fourth-order valence-corrected chi connectivity index (χ4v) is 2.04. The Morgan fingerprint density at radius 3 is 2.95 bits per heavy atom. The molecule has 1 aliphatic rings. The zero-order chi connectivity index (χ0) is 14.4. The second kappa shape index (κ2) is 7.47. The predicted octanol–water partition coefficient (Wildman–Crippen LogP) is 3.67. The van der Waals surface area contributed by atoms with E-state index in [1.165, 1.54) is 5.12 Å². The molecule has 2 rings (SSSR count). The van der Waals surface area contributed by atoms with Crippen molar-refractivity contribution in [3.63, 3.8) is 0 Å². The molecule has 0 bridgehead atoms. The minimum Gasteiger partial charge on any atom is -0.490 e. The van der Waals surface area contributed by atoms with Crippen LogP contribution < -0.4 is 15.7 Å². The quantitative estimate of drug-likeness (QED) is 0.497. The Kier molecular flexibility index (Phi) is 5.64. The van der Waals surface area contributed by atoms with Gasteiger partial charge in [-0.3, -0.25) is 0 Å². The third-order valence-electron chi connectivity index (χ3n) is 2.60. The van der Waals surface area contributed by atoms with Crippen molar-refractivity contribution in [2.45, 2.75) is 6.42 Å². The number of benzene rings is 1. The number of hydrogen-bond donors (Lipinski definition) is 1. The van der Waals surface area contributed by atoms with E-state index in [0.717, 1.165) is 17.5 Å². The van der Waals surface area contributed by atoms with Crippen LogP contribution in [0.5, 0.6) is 5.75 Å². The summed E-state index contributed by atoms with van der Waals surface area (Å²) in [4.78, 5) is 0. The minimum absolute atomic E-state index is 0.543. The van der Waals surface area contributed by atoms with Crippen LogP contribution >= 0.6 is 27.5 Å². The van der Waals surface area contributed by atoms with Gasteiger partial charge in [-0.1, -0.05) is 45.8 Å². The Hall–Kier alpha value is -1.30. The van der Waals surface area contributed by atoms with E-state index < -0.39 is 0 Å². The van der Waals surface area contributed by atoms with E-state index in [1.807, 2.05) is 24.3 Å². The van der Waals surface area contributed by atoms with Crippen LogP contribution in [0.3, 0.4) is 0 Å². The van der Waals surface area contributed by atoms with Gasteiger partial charge in [0.2, 0.25) is 0 Å². The molecular formula is C14H15BrClN3O. The average Bonchev–Trinajstić information content (AvgIpc) is 2.47. The number of anilines is 1. The van der Waals surface area contributed by atoms with Crippen molar-refractivity contribution in [1.29, 1.82) is 0 Å². The third kappa shape index (κ3) is 4.10. The summed E-state index contributed by atoms with van der Waals surface area (Å²) < 4.78 is 5.62. The summed E-state index contributed by atoms with van der Waals surface area (Å²) in [6.07, 6.45) is 8.60. The first-order chi connectivity index (χ1) is 9.70. The van der Waals surface area contributed by atoms with Gasteiger partial charge in [-0.05, 0) is 24.3 Å². The van der Waals surface area contributed by atoms with Crippen LogP contribution in [0.25, 0.3) is 0 Å². The molecular weight excluding hydrogens is 342 g/mol. The highest BCUT2D eigenvalue weighted by atomic mass is 79.9. The summed E-state index contributed by atoms with van der Waals surface area (Å²) in [7, 11) is 0. The molecule has 1 aliphatic carbocycles. The molecule has 0 aromatic heterocycles. The van der Waals surface area contributed by atoms with E-state index in [9.17, 15) is 0 Å². The Labute approximate surface area is 131 Å². The van der Waals surface area contributed by atoms with Gasteiger partial charge in [-0.15, -0.1) is 0 Å². The fourth-order valence-electron chi connectivity index (χ4n) is 1.71. The number of hydrazine groups is 1. The van der Waals surface area contributed by atoms with Gasteiger partial charge in [0.25, 0.3) is 0 Å².